The van der Waals surface area contributed by atoms with Crippen molar-refractivity contribution in [3.8, 4) is 0 Å². The van der Waals surface area contributed by atoms with Crippen molar-refractivity contribution in [2.24, 2.45) is 0 Å². The molecule has 2 rings (SSSR count). The SMILES string of the molecule is C=C/C=C(\C=C/C(C)O)C(=O)n1c(C)cc2c(CC(=C)C)cccc21. The number of aryl methyl sites for hydroxylation is 1. The predicted octanol–water partition coefficient (Wildman–Crippen LogP) is 4.76. The Hall–Kier alpha value is -2.65. The average Bonchev–Trinajstić information content (AvgIpc) is 2.87. The second kappa shape index (κ2) is 7.95. The Bertz CT molecular complexity index is 879. The fraction of sp³-hybridized carbons (Fsp3) is 0.227. The first-order valence-electron chi connectivity index (χ1n) is 8.33. The molecule has 1 aromatic carbocycles. The minimum absolute atomic E-state index is 0.142. The summed E-state index contributed by atoms with van der Waals surface area (Å²) in [5.74, 6) is -0.142. The monoisotopic (exact) mass is 335 g/mol. The van der Waals surface area contributed by atoms with Crippen LogP contribution in [0.1, 0.15) is 29.9 Å². The van der Waals surface area contributed by atoms with E-state index in [0.29, 0.717) is 5.57 Å². The number of carbonyl (C=O) groups excluding carboxylic acids is 1. The molecule has 25 heavy (non-hydrogen) atoms. The number of allylic oxidation sites excluding steroid dienone is 5. The summed E-state index contributed by atoms with van der Waals surface area (Å²) in [6.45, 7) is 13.2. The lowest BCUT2D eigenvalue weighted by atomic mass is 10.0. The highest BCUT2D eigenvalue weighted by Gasteiger charge is 2.16. The molecule has 1 aromatic heterocycles. The molecular formula is C22H25NO2. The minimum atomic E-state index is -0.620. The number of nitrogens with zero attached hydrogens (tertiary/aromatic N) is 1. The second-order valence-electron chi connectivity index (χ2n) is 6.37. The van der Waals surface area contributed by atoms with Crippen molar-refractivity contribution in [1.82, 2.24) is 4.57 Å². The Morgan fingerprint density at radius 2 is 2.12 bits per heavy atom. The van der Waals surface area contributed by atoms with Gasteiger partial charge in [-0.3, -0.25) is 9.36 Å². The van der Waals surface area contributed by atoms with Gasteiger partial charge in [0.25, 0.3) is 5.91 Å². The van der Waals surface area contributed by atoms with Crippen LogP contribution in [-0.4, -0.2) is 21.7 Å². The van der Waals surface area contributed by atoms with Crippen LogP contribution in [0.3, 0.4) is 0 Å². The predicted molar refractivity (Wildman–Crippen MR) is 105 cm³/mol. The number of hydrogen-bond donors (Lipinski definition) is 1. The highest BCUT2D eigenvalue weighted by Crippen LogP contribution is 2.26. The summed E-state index contributed by atoms with van der Waals surface area (Å²) >= 11 is 0. The second-order valence-corrected chi connectivity index (χ2v) is 6.37. The molecule has 1 unspecified atom stereocenters. The largest absolute Gasteiger partial charge is 0.389 e. The molecule has 0 aliphatic rings. The van der Waals surface area contributed by atoms with Crippen molar-refractivity contribution in [2.45, 2.75) is 33.3 Å². The molecule has 130 valence electrons. The lowest BCUT2D eigenvalue weighted by molar-refractivity contribution is 0.0962. The van der Waals surface area contributed by atoms with E-state index in [2.05, 4.69) is 19.2 Å². The number of rotatable bonds is 6. The summed E-state index contributed by atoms with van der Waals surface area (Å²) in [6, 6.07) is 8.02. The van der Waals surface area contributed by atoms with Crippen LogP contribution in [0.25, 0.3) is 10.9 Å². The molecule has 0 aliphatic heterocycles. The van der Waals surface area contributed by atoms with Crippen LogP contribution in [0.5, 0.6) is 0 Å². The Morgan fingerprint density at radius 1 is 1.40 bits per heavy atom. The molecule has 3 heteroatoms. The zero-order valence-corrected chi connectivity index (χ0v) is 15.1. The molecule has 0 bridgehead atoms. The molecule has 0 aliphatic carbocycles. The molecule has 0 spiro atoms. The van der Waals surface area contributed by atoms with Crippen molar-refractivity contribution in [2.75, 3.05) is 0 Å². The van der Waals surface area contributed by atoms with Gasteiger partial charge < -0.3 is 5.11 Å². The van der Waals surface area contributed by atoms with E-state index in [0.717, 1.165) is 34.2 Å². The number of carbonyl (C=O) groups is 1. The molecule has 0 fully saturated rings. The zero-order valence-electron chi connectivity index (χ0n) is 15.1. The smallest absolute Gasteiger partial charge is 0.262 e. The van der Waals surface area contributed by atoms with Crippen LogP contribution in [0, 0.1) is 6.92 Å². The Balaban J connectivity index is 2.58. The maximum atomic E-state index is 13.1. The van der Waals surface area contributed by atoms with E-state index in [1.165, 1.54) is 0 Å². The number of fused-ring (bicyclic) bond motifs is 1. The number of aliphatic hydroxyl groups excluding tert-OH is 1. The zero-order chi connectivity index (χ0) is 18.6. The first-order chi connectivity index (χ1) is 11.8. The van der Waals surface area contributed by atoms with E-state index in [4.69, 9.17) is 0 Å². The quantitative estimate of drug-likeness (QED) is 0.470. The molecule has 1 N–H and O–H groups in total. The molecule has 0 saturated carbocycles. The number of aromatic nitrogens is 1. The molecular weight excluding hydrogens is 310 g/mol. The number of benzene rings is 1. The molecule has 2 aromatic rings. The van der Waals surface area contributed by atoms with Gasteiger partial charge in [0, 0.05) is 16.7 Å². The third-order valence-electron chi connectivity index (χ3n) is 3.91. The maximum absolute atomic E-state index is 13.1. The van der Waals surface area contributed by atoms with Crippen molar-refractivity contribution >= 4 is 16.8 Å². The van der Waals surface area contributed by atoms with Gasteiger partial charge in [-0.15, -0.1) is 0 Å². The van der Waals surface area contributed by atoms with Gasteiger partial charge in [0.2, 0.25) is 0 Å². The van der Waals surface area contributed by atoms with Gasteiger partial charge in [0.15, 0.2) is 0 Å². The molecule has 0 amide bonds. The van der Waals surface area contributed by atoms with Crippen molar-refractivity contribution in [3.05, 3.63) is 84.1 Å². The van der Waals surface area contributed by atoms with Crippen molar-refractivity contribution < 1.29 is 9.90 Å². The summed E-state index contributed by atoms with van der Waals surface area (Å²) in [5.41, 5.74) is 4.46. The molecule has 0 radical (unpaired) electrons. The van der Waals surface area contributed by atoms with Crippen molar-refractivity contribution in [1.29, 1.82) is 0 Å². The first kappa shape index (κ1) is 18.7. The third-order valence-corrected chi connectivity index (χ3v) is 3.91. The third kappa shape index (κ3) is 4.25. The lowest BCUT2D eigenvalue weighted by Crippen LogP contribution is -2.14. The molecule has 1 heterocycles. The highest BCUT2D eigenvalue weighted by molar-refractivity contribution is 6.05. The standard InChI is InChI=1S/C22H25NO2/c1-6-8-18(12-11-17(5)24)22(25)23-16(4)14-20-19(13-15(2)3)9-7-10-21(20)23/h6-12,14,17,24H,1-2,13H2,3-5H3/b12-11-,18-8+. The van der Waals surface area contributed by atoms with Crippen LogP contribution in [0.15, 0.2) is 72.9 Å². The molecule has 3 nitrogen and oxygen atoms in total. The van der Waals surface area contributed by atoms with E-state index in [-0.39, 0.29) is 5.91 Å². The van der Waals surface area contributed by atoms with Crippen LogP contribution < -0.4 is 0 Å². The van der Waals surface area contributed by atoms with Crippen LogP contribution in [0.2, 0.25) is 0 Å². The number of aliphatic hydroxyl groups is 1. The highest BCUT2D eigenvalue weighted by atomic mass is 16.3. The van der Waals surface area contributed by atoms with E-state index in [9.17, 15) is 9.90 Å². The Morgan fingerprint density at radius 3 is 2.72 bits per heavy atom. The van der Waals surface area contributed by atoms with Crippen LogP contribution >= 0.6 is 0 Å². The van der Waals surface area contributed by atoms with E-state index in [1.807, 2.05) is 32.0 Å². The van der Waals surface area contributed by atoms with Crippen molar-refractivity contribution in [3.63, 3.8) is 0 Å². The summed E-state index contributed by atoms with van der Waals surface area (Å²) in [6.07, 6.45) is 6.62. The topological polar surface area (TPSA) is 42.2 Å². The van der Waals surface area contributed by atoms with Gasteiger partial charge in [-0.05, 0) is 44.9 Å². The van der Waals surface area contributed by atoms with E-state index < -0.39 is 6.10 Å². The van der Waals surface area contributed by atoms with Gasteiger partial charge in [-0.1, -0.05) is 55.2 Å². The molecule has 0 saturated heterocycles. The average molecular weight is 335 g/mol. The first-order valence-corrected chi connectivity index (χ1v) is 8.33. The maximum Gasteiger partial charge on any atom is 0.262 e. The summed E-state index contributed by atoms with van der Waals surface area (Å²) in [5, 5.41) is 10.5. The van der Waals surface area contributed by atoms with E-state index in [1.54, 1.807) is 35.8 Å². The number of hydrogen-bond acceptors (Lipinski definition) is 2. The minimum Gasteiger partial charge on any atom is -0.389 e. The van der Waals surface area contributed by atoms with Gasteiger partial charge >= 0.3 is 0 Å². The normalized spacial score (nSPS) is 13.4. The van der Waals surface area contributed by atoms with Gasteiger partial charge in [-0.25, -0.2) is 0 Å². The summed E-state index contributed by atoms with van der Waals surface area (Å²) < 4.78 is 1.71. The summed E-state index contributed by atoms with van der Waals surface area (Å²) in [4.78, 5) is 13.1. The molecule has 1 atom stereocenters. The van der Waals surface area contributed by atoms with Gasteiger partial charge in [0.05, 0.1) is 11.6 Å². The fourth-order valence-corrected chi connectivity index (χ4v) is 2.87. The van der Waals surface area contributed by atoms with Gasteiger partial charge in [0.1, 0.15) is 0 Å². The van der Waals surface area contributed by atoms with Crippen LogP contribution in [0.4, 0.5) is 0 Å². The Kier molecular flexibility index (Phi) is 5.94. The summed E-state index contributed by atoms with van der Waals surface area (Å²) in [7, 11) is 0. The van der Waals surface area contributed by atoms with Crippen LogP contribution in [-0.2, 0) is 6.42 Å². The van der Waals surface area contributed by atoms with E-state index >= 15 is 0 Å². The fourth-order valence-electron chi connectivity index (χ4n) is 2.87. The van der Waals surface area contributed by atoms with Gasteiger partial charge in [-0.2, -0.15) is 0 Å². The Labute approximate surface area is 149 Å². The lowest BCUT2D eigenvalue weighted by Gasteiger charge is -2.09.